The van der Waals surface area contributed by atoms with E-state index in [4.69, 9.17) is 0 Å². The monoisotopic (exact) mass is 372 g/mol. The molecule has 0 unspecified atom stereocenters. The Kier molecular flexibility index (Phi) is 7.15. The van der Waals surface area contributed by atoms with Crippen molar-refractivity contribution in [2.75, 3.05) is 0 Å². The Morgan fingerprint density at radius 3 is 2.50 bits per heavy atom. The maximum absolute atomic E-state index is 12.4. The Morgan fingerprint density at radius 2 is 1.85 bits per heavy atom. The summed E-state index contributed by atoms with van der Waals surface area (Å²) in [5.74, 6) is 0.538. The normalized spacial score (nSPS) is 21.7. The molecule has 0 heterocycles. The molecule has 2 rings (SSSR count). The van der Waals surface area contributed by atoms with Gasteiger partial charge in [-0.3, -0.25) is 4.79 Å². The smallest absolute Gasteiger partial charge is 0.199 e. The molecule has 26 heavy (non-hydrogen) atoms. The molecule has 4 heteroatoms. The summed E-state index contributed by atoms with van der Waals surface area (Å²) in [6.45, 7) is 7.74. The molecule has 0 aliphatic heterocycles. The third kappa shape index (κ3) is 5.53. The summed E-state index contributed by atoms with van der Waals surface area (Å²) in [7, 11) is -3.58. The molecule has 0 saturated heterocycles. The van der Waals surface area contributed by atoms with Crippen LogP contribution in [0.3, 0.4) is 0 Å². The average Bonchev–Trinajstić information content (AvgIpc) is 2.61. The number of benzene rings is 1. The van der Waals surface area contributed by atoms with Crippen molar-refractivity contribution in [2.45, 2.75) is 50.8 Å². The van der Waals surface area contributed by atoms with Crippen molar-refractivity contribution in [3.63, 3.8) is 0 Å². The van der Waals surface area contributed by atoms with Crippen LogP contribution in [0.4, 0.5) is 0 Å². The Hall–Kier alpha value is -1.94. The quantitative estimate of drug-likeness (QED) is 0.489. The van der Waals surface area contributed by atoms with Gasteiger partial charge in [0.05, 0.1) is 4.90 Å². The van der Waals surface area contributed by atoms with Crippen LogP contribution in [0.15, 0.2) is 64.9 Å². The van der Waals surface area contributed by atoms with Crippen molar-refractivity contribution in [2.24, 2.45) is 11.8 Å². The van der Waals surface area contributed by atoms with E-state index in [-0.39, 0.29) is 16.6 Å². The minimum absolute atomic E-state index is 0.121. The zero-order valence-electron chi connectivity index (χ0n) is 15.6. The van der Waals surface area contributed by atoms with Gasteiger partial charge in [0.25, 0.3) is 0 Å². The fraction of sp³-hybridized carbons (Fsp3) is 0.409. The van der Waals surface area contributed by atoms with E-state index in [1.54, 1.807) is 30.3 Å². The largest absolute Gasteiger partial charge is 0.295 e. The summed E-state index contributed by atoms with van der Waals surface area (Å²) in [5, 5.41) is 1.05. The Morgan fingerprint density at radius 1 is 1.19 bits per heavy atom. The summed E-state index contributed by atoms with van der Waals surface area (Å²) in [5.41, 5.74) is 2.25. The predicted molar refractivity (Wildman–Crippen MR) is 107 cm³/mol. The molecule has 1 saturated carbocycles. The van der Waals surface area contributed by atoms with Crippen molar-refractivity contribution in [3.8, 4) is 0 Å². The number of hydrogen-bond acceptors (Lipinski definition) is 3. The van der Waals surface area contributed by atoms with Gasteiger partial charge in [-0.25, -0.2) is 8.42 Å². The minimum Gasteiger partial charge on any atom is -0.295 e. The highest BCUT2D eigenvalue weighted by molar-refractivity contribution is 7.94. The Balaban J connectivity index is 2.06. The van der Waals surface area contributed by atoms with Gasteiger partial charge in [0.1, 0.15) is 0 Å². The Labute approximate surface area is 157 Å². The van der Waals surface area contributed by atoms with E-state index >= 15 is 0 Å². The van der Waals surface area contributed by atoms with Crippen LogP contribution in [-0.4, -0.2) is 14.2 Å². The molecule has 3 nitrogen and oxygen atoms in total. The van der Waals surface area contributed by atoms with Gasteiger partial charge in [0.2, 0.25) is 0 Å². The third-order valence-electron chi connectivity index (χ3n) is 5.12. The van der Waals surface area contributed by atoms with Gasteiger partial charge in [-0.1, -0.05) is 54.8 Å². The van der Waals surface area contributed by atoms with Crippen molar-refractivity contribution >= 4 is 15.6 Å². The van der Waals surface area contributed by atoms with Crippen LogP contribution >= 0.6 is 0 Å². The lowest BCUT2D eigenvalue weighted by Crippen LogP contribution is -2.23. The molecule has 1 aliphatic rings. The van der Waals surface area contributed by atoms with Crippen LogP contribution in [0.5, 0.6) is 0 Å². The number of carbonyl (C=O) groups excluding carboxylic acids is 1. The second-order valence-electron chi connectivity index (χ2n) is 7.13. The maximum atomic E-state index is 12.4. The molecule has 1 aliphatic carbocycles. The highest BCUT2D eigenvalue weighted by atomic mass is 32.2. The molecule has 2 atom stereocenters. The zero-order valence-corrected chi connectivity index (χ0v) is 16.5. The fourth-order valence-electron chi connectivity index (χ4n) is 3.66. The number of sulfone groups is 1. The highest BCUT2D eigenvalue weighted by Crippen LogP contribution is 2.37. The van der Waals surface area contributed by atoms with Crippen molar-refractivity contribution in [3.05, 3.63) is 65.6 Å². The minimum atomic E-state index is -3.58. The van der Waals surface area contributed by atoms with Gasteiger partial charge in [-0.2, -0.15) is 0 Å². The van der Waals surface area contributed by atoms with Crippen molar-refractivity contribution < 1.29 is 13.2 Å². The van der Waals surface area contributed by atoms with Gasteiger partial charge in [-0.15, -0.1) is 0 Å². The number of carbonyl (C=O) groups is 1. The topological polar surface area (TPSA) is 51.2 Å². The summed E-state index contributed by atoms with van der Waals surface area (Å²) in [6.07, 6.45) is 9.83. The van der Waals surface area contributed by atoms with Crippen molar-refractivity contribution in [1.82, 2.24) is 0 Å². The third-order valence-corrected chi connectivity index (χ3v) is 6.54. The standard InChI is InChI=1S/C22H28O3S/c1-4-7-18(3)22-9-6-5-8-19(22)16-20(23)14-15-26(24,25)21-12-10-17(2)11-13-21/h4,7,10-15,19,22H,1,5-6,8-9,16H2,2-3H3/b15-14+,18-7-/t19-,22-/m1/s1. The van der Waals surface area contributed by atoms with E-state index in [1.807, 2.05) is 13.0 Å². The van der Waals surface area contributed by atoms with Crippen LogP contribution in [-0.2, 0) is 14.6 Å². The SMILES string of the molecule is C=C/C=C(/C)[C@H]1CCCC[C@@H]1CC(=O)/C=C/S(=O)(=O)c1ccc(C)cc1. The van der Waals surface area contributed by atoms with E-state index in [2.05, 4.69) is 13.5 Å². The van der Waals surface area contributed by atoms with E-state index in [0.717, 1.165) is 30.2 Å². The Bertz CT molecular complexity index is 798. The summed E-state index contributed by atoms with van der Waals surface area (Å²) < 4.78 is 24.7. The van der Waals surface area contributed by atoms with E-state index in [1.165, 1.54) is 18.1 Å². The van der Waals surface area contributed by atoms with Gasteiger partial charge in [0, 0.05) is 11.8 Å². The number of allylic oxidation sites excluding steroid dienone is 4. The van der Waals surface area contributed by atoms with Gasteiger partial charge in [-0.05, 0) is 56.7 Å². The molecule has 140 valence electrons. The first-order chi connectivity index (χ1) is 12.3. The molecule has 1 fully saturated rings. The van der Waals surface area contributed by atoms with Crippen LogP contribution < -0.4 is 0 Å². The van der Waals surface area contributed by atoms with Crippen LogP contribution in [0.25, 0.3) is 0 Å². The predicted octanol–water partition coefficient (Wildman–Crippen LogP) is 5.18. The van der Waals surface area contributed by atoms with Crippen LogP contribution in [0.2, 0.25) is 0 Å². The fourth-order valence-corrected chi connectivity index (χ4v) is 4.66. The summed E-state index contributed by atoms with van der Waals surface area (Å²) >= 11 is 0. The first kappa shape index (κ1) is 20.4. The van der Waals surface area contributed by atoms with Gasteiger partial charge in [0.15, 0.2) is 15.6 Å². The lowest BCUT2D eigenvalue weighted by atomic mass is 9.73. The molecule has 1 aromatic carbocycles. The van der Waals surface area contributed by atoms with Gasteiger partial charge >= 0.3 is 0 Å². The van der Waals surface area contributed by atoms with E-state index in [0.29, 0.717) is 12.3 Å². The maximum Gasteiger partial charge on any atom is 0.199 e. The molecular formula is C22H28O3S. The molecule has 0 bridgehead atoms. The molecular weight excluding hydrogens is 344 g/mol. The molecule has 0 N–H and O–H groups in total. The molecule has 1 aromatic rings. The molecule has 0 radical (unpaired) electrons. The van der Waals surface area contributed by atoms with Crippen LogP contribution in [0.1, 0.15) is 44.6 Å². The second-order valence-corrected chi connectivity index (χ2v) is 8.96. The van der Waals surface area contributed by atoms with E-state index in [9.17, 15) is 13.2 Å². The van der Waals surface area contributed by atoms with Crippen molar-refractivity contribution in [1.29, 1.82) is 0 Å². The summed E-state index contributed by atoms with van der Waals surface area (Å²) in [4.78, 5) is 12.6. The second kappa shape index (κ2) is 9.13. The van der Waals surface area contributed by atoms with E-state index < -0.39 is 9.84 Å². The first-order valence-corrected chi connectivity index (χ1v) is 10.7. The lowest BCUT2D eigenvalue weighted by molar-refractivity contribution is -0.116. The number of aryl methyl sites for hydroxylation is 1. The number of hydrogen-bond donors (Lipinski definition) is 0. The highest BCUT2D eigenvalue weighted by Gasteiger charge is 2.27. The summed E-state index contributed by atoms with van der Waals surface area (Å²) in [6, 6.07) is 6.65. The molecule has 0 aromatic heterocycles. The average molecular weight is 373 g/mol. The van der Waals surface area contributed by atoms with Crippen LogP contribution in [0, 0.1) is 18.8 Å². The number of ketones is 1. The number of rotatable bonds is 7. The molecule has 0 amide bonds. The zero-order chi connectivity index (χ0) is 19.2. The van der Waals surface area contributed by atoms with Gasteiger partial charge < -0.3 is 0 Å². The lowest BCUT2D eigenvalue weighted by Gasteiger charge is -2.31. The molecule has 0 spiro atoms. The first-order valence-electron chi connectivity index (χ1n) is 9.15.